The van der Waals surface area contributed by atoms with Crippen LogP contribution in [0.25, 0.3) is 10.8 Å². The van der Waals surface area contributed by atoms with E-state index < -0.39 is 24.6 Å². The number of halogens is 6. The van der Waals surface area contributed by atoms with Crippen LogP contribution in [0.4, 0.5) is 26.3 Å². The SMILES string of the molecule is CC[S+](CC)c1ccc(OCC(O)(C(F)(F)F)C(F)(F)F)c2ccccc12. The lowest BCUT2D eigenvalue weighted by Crippen LogP contribution is -2.60. The van der Waals surface area contributed by atoms with Crippen LogP contribution in [-0.2, 0) is 10.9 Å². The zero-order valence-corrected chi connectivity index (χ0v) is 15.4. The Labute approximate surface area is 155 Å². The Kier molecular flexibility index (Phi) is 6.26. The largest absolute Gasteiger partial charge is 0.489 e. The highest BCUT2D eigenvalue weighted by Gasteiger charge is 2.71. The number of benzene rings is 2. The summed E-state index contributed by atoms with van der Waals surface area (Å²) in [4.78, 5) is 0.977. The van der Waals surface area contributed by atoms with Gasteiger partial charge >= 0.3 is 12.4 Å². The Morgan fingerprint density at radius 3 is 1.85 bits per heavy atom. The molecule has 0 amide bonds. The van der Waals surface area contributed by atoms with Crippen molar-refractivity contribution in [3.63, 3.8) is 0 Å². The summed E-state index contributed by atoms with van der Waals surface area (Å²) in [7, 11) is -0.0987. The van der Waals surface area contributed by atoms with Crippen molar-refractivity contribution in [2.75, 3.05) is 18.1 Å². The lowest BCUT2D eigenvalue weighted by molar-refractivity contribution is -0.373. The zero-order valence-electron chi connectivity index (χ0n) is 14.6. The molecule has 0 aliphatic rings. The molecule has 0 saturated carbocycles. The van der Waals surface area contributed by atoms with Crippen LogP contribution in [0.5, 0.6) is 5.75 Å². The molecule has 0 bridgehead atoms. The molecule has 150 valence electrons. The number of ether oxygens (including phenoxy) is 1. The van der Waals surface area contributed by atoms with Crippen LogP contribution in [0.1, 0.15) is 13.8 Å². The van der Waals surface area contributed by atoms with Gasteiger partial charge in [0.25, 0.3) is 5.60 Å². The number of hydrogen-bond donors (Lipinski definition) is 1. The second-order valence-corrected chi connectivity index (χ2v) is 8.40. The van der Waals surface area contributed by atoms with Gasteiger partial charge in [-0.1, -0.05) is 18.2 Å². The van der Waals surface area contributed by atoms with Gasteiger partial charge in [-0.15, -0.1) is 0 Å². The molecule has 0 spiro atoms. The molecule has 2 rings (SSSR count). The third-order valence-corrected chi connectivity index (χ3v) is 6.60. The number of hydrogen-bond acceptors (Lipinski definition) is 2. The van der Waals surface area contributed by atoms with Crippen LogP contribution >= 0.6 is 0 Å². The van der Waals surface area contributed by atoms with E-state index in [0.29, 0.717) is 10.8 Å². The summed E-state index contributed by atoms with van der Waals surface area (Å²) in [5, 5.41) is 10.4. The van der Waals surface area contributed by atoms with E-state index in [1.54, 1.807) is 30.3 Å². The smallest absolute Gasteiger partial charge is 0.429 e. The van der Waals surface area contributed by atoms with Crippen molar-refractivity contribution in [2.24, 2.45) is 0 Å². The van der Waals surface area contributed by atoms with Crippen molar-refractivity contribution in [1.29, 1.82) is 0 Å². The minimum absolute atomic E-state index is 0.0987. The van der Waals surface area contributed by atoms with Crippen molar-refractivity contribution in [3.05, 3.63) is 36.4 Å². The van der Waals surface area contributed by atoms with Gasteiger partial charge in [0.2, 0.25) is 0 Å². The predicted molar refractivity (Wildman–Crippen MR) is 93.2 cm³/mol. The maximum atomic E-state index is 12.8. The standard InChI is InChI=1S/C18H19F6O2S/c1-3-27(4-2)15-10-9-14(12-7-5-6-8-13(12)15)26-11-16(25,17(19,20)21)18(22,23)24/h5-10,25H,3-4,11H2,1-2H3/q+1. The number of fused-ring (bicyclic) bond motifs is 1. The van der Waals surface area contributed by atoms with E-state index in [9.17, 15) is 31.4 Å². The maximum Gasteiger partial charge on any atom is 0.429 e. The van der Waals surface area contributed by atoms with Crippen molar-refractivity contribution in [2.45, 2.75) is 36.7 Å². The lowest BCUT2D eigenvalue weighted by Gasteiger charge is -2.32. The van der Waals surface area contributed by atoms with E-state index in [2.05, 4.69) is 0 Å². The predicted octanol–water partition coefficient (Wildman–Crippen LogP) is 5.09. The lowest BCUT2D eigenvalue weighted by atomic mass is 10.0. The number of alkyl halides is 6. The van der Waals surface area contributed by atoms with E-state index in [-0.39, 0.29) is 16.6 Å². The summed E-state index contributed by atoms with van der Waals surface area (Å²) in [5.41, 5.74) is -4.95. The van der Waals surface area contributed by atoms with Gasteiger partial charge in [0.05, 0.1) is 0 Å². The monoisotopic (exact) mass is 413 g/mol. The van der Waals surface area contributed by atoms with Crippen LogP contribution in [0, 0.1) is 0 Å². The summed E-state index contributed by atoms with van der Waals surface area (Å²) in [6.07, 6.45) is -11.8. The zero-order chi connectivity index (χ0) is 20.5. The Balaban J connectivity index is 2.45. The molecule has 0 atom stereocenters. The first-order chi connectivity index (χ1) is 12.5. The van der Waals surface area contributed by atoms with Crippen LogP contribution in [0.3, 0.4) is 0 Å². The molecular weight excluding hydrogens is 394 g/mol. The highest BCUT2D eigenvalue weighted by Crippen LogP contribution is 2.44. The topological polar surface area (TPSA) is 29.5 Å². The summed E-state index contributed by atoms with van der Waals surface area (Å²) < 4.78 is 81.8. The molecule has 0 fully saturated rings. The molecule has 0 aliphatic carbocycles. The van der Waals surface area contributed by atoms with E-state index in [0.717, 1.165) is 16.4 Å². The second kappa shape index (κ2) is 7.79. The van der Waals surface area contributed by atoms with Crippen molar-refractivity contribution < 1.29 is 36.2 Å². The first-order valence-corrected chi connectivity index (χ1v) is 9.70. The molecule has 9 heteroatoms. The van der Waals surface area contributed by atoms with Crippen LogP contribution in [0.15, 0.2) is 41.3 Å². The van der Waals surface area contributed by atoms with Gasteiger partial charge in [-0.3, -0.25) is 0 Å². The molecule has 0 unspecified atom stereocenters. The molecule has 0 saturated heterocycles. The average molecular weight is 413 g/mol. The molecule has 2 nitrogen and oxygen atoms in total. The molecule has 0 radical (unpaired) electrons. The Bertz CT molecular complexity index is 769. The quantitative estimate of drug-likeness (QED) is 0.528. The van der Waals surface area contributed by atoms with Gasteiger partial charge < -0.3 is 9.84 Å². The van der Waals surface area contributed by atoms with Gasteiger partial charge in [-0.05, 0) is 32.0 Å². The van der Waals surface area contributed by atoms with E-state index >= 15 is 0 Å². The first kappa shape index (κ1) is 21.7. The fraction of sp³-hybridized carbons (Fsp3) is 0.444. The molecule has 1 N–H and O–H groups in total. The highest BCUT2D eigenvalue weighted by atomic mass is 32.2. The minimum atomic E-state index is -5.92. The summed E-state index contributed by atoms with van der Waals surface area (Å²) in [5.74, 6) is 1.59. The molecule has 0 aliphatic heterocycles. The molecule has 0 heterocycles. The normalized spacial score (nSPS) is 13.4. The maximum absolute atomic E-state index is 12.8. The van der Waals surface area contributed by atoms with Gasteiger partial charge in [0.1, 0.15) is 23.9 Å². The van der Waals surface area contributed by atoms with Gasteiger partial charge in [0.15, 0.2) is 4.90 Å². The Hall–Kier alpha value is -1.61. The molecular formula is C18H19F6O2S+. The molecule has 2 aromatic rings. The van der Waals surface area contributed by atoms with Gasteiger partial charge in [-0.2, -0.15) is 26.3 Å². The molecule has 2 aromatic carbocycles. The van der Waals surface area contributed by atoms with Crippen LogP contribution in [-0.4, -0.2) is 41.2 Å². The molecule has 27 heavy (non-hydrogen) atoms. The minimum Gasteiger partial charge on any atom is -0.489 e. The van der Waals surface area contributed by atoms with Gasteiger partial charge in [-0.25, -0.2) is 0 Å². The van der Waals surface area contributed by atoms with Crippen LogP contribution in [0.2, 0.25) is 0 Å². The fourth-order valence-electron chi connectivity index (χ4n) is 2.64. The second-order valence-electron chi connectivity index (χ2n) is 5.82. The van der Waals surface area contributed by atoms with E-state index in [1.807, 2.05) is 13.8 Å². The summed E-state index contributed by atoms with van der Waals surface area (Å²) in [6, 6.07) is 9.70. The van der Waals surface area contributed by atoms with E-state index in [4.69, 9.17) is 4.74 Å². The first-order valence-electron chi connectivity index (χ1n) is 8.14. The number of rotatable bonds is 6. The highest BCUT2D eigenvalue weighted by molar-refractivity contribution is 7.97. The average Bonchev–Trinajstić information content (AvgIpc) is 2.59. The Morgan fingerprint density at radius 1 is 0.852 bits per heavy atom. The fourth-order valence-corrected chi connectivity index (χ4v) is 4.42. The van der Waals surface area contributed by atoms with Crippen molar-refractivity contribution >= 4 is 21.7 Å². The van der Waals surface area contributed by atoms with Crippen molar-refractivity contribution in [1.82, 2.24) is 0 Å². The van der Waals surface area contributed by atoms with Gasteiger partial charge in [0, 0.05) is 21.7 Å². The van der Waals surface area contributed by atoms with Crippen molar-refractivity contribution in [3.8, 4) is 5.75 Å². The third-order valence-electron chi connectivity index (χ3n) is 4.23. The molecule has 0 aromatic heterocycles. The number of aliphatic hydroxyl groups is 1. The van der Waals surface area contributed by atoms with E-state index in [1.165, 1.54) is 6.07 Å². The summed E-state index contributed by atoms with van der Waals surface area (Å²) >= 11 is 0. The summed E-state index contributed by atoms with van der Waals surface area (Å²) in [6.45, 7) is 2.05. The Morgan fingerprint density at radius 2 is 1.37 bits per heavy atom. The third kappa shape index (κ3) is 4.13. The van der Waals surface area contributed by atoms with Crippen LogP contribution < -0.4 is 4.74 Å².